The van der Waals surface area contributed by atoms with E-state index in [9.17, 15) is 29.3 Å². The molecule has 0 fully saturated rings. The van der Waals surface area contributed by atoms with E-state index >= 15 is 0 Å². The van der Waals surface area contributed by atoms with Crippen molar-refractivity contribution in [1.29, 1.82) is 0 Å². The normalized spacial score (nSPS) is 12.8. The van der Waals surface area contributed by atoms with Crippen LogP contribution in [-0.4, -0.2) is 53.7 Å². The summed E-state index contributed by atoms with van der Waals surface area (Å²) in [5.74, 6) is -2.82. The van der Waals surface area contributed by atoms with Crippen LogP contribution in [0.15, 0.2) is 18.2 Å². The number of fused-ring (bicyclic) bond motifs is 1. The van der Waals surface area contributed by atoms with Crippen LogP contribution >= 0.6 is 0 Å². The van der Waals surface area contributed by atoms with Gasteiger partial charge in [-0.25, -0.2) is 0 Å². The minimum atomic E-state index is -0.832. The average Bonchev–Trinajstić information content (AvgIpc) is 2.81. The molecule has 126 valence electrons. The molecule has 0 radical (unpaired) electrons. The second-order valence-corrected chi connectivity index (χ2v) is 4.80. The van der Waals surface area contributed by atoms with Crippen LogP contribution in [0.2, 0.25) is 0 Å². The maximum atomic E-state index is 12.2. The molecule has 0 saturated carbocycles. The van der Waals surface area contributed by atoms with Crippen LogP contribution in [0.5, 0.6) is 0 Å². The van der Waals surface area contributed by atoms with Crippen LogP contribution in [0.25, 0.3) is 0 Å². The lowest BCUT2D eigenvalue weighted by Gasteiger charge is -2.12. The summed E-state index contributed by atoms with van der Waals surface area (Å²) in [5, 5.41) is 13.2. The number of carbonyl (C=O) groups excluding carboxylic acids is 4. The minimum Gasteiger partial charge on any atom is -0.456 e. The monoisotopic (exact) mass is 335 g/mol. The van der Waals surface area contributed by atoms with E-state index in [1.165, 1.54) is 19.2 Å². The number of imide groups is 1. The number of hydrogen-bond donors (Lipinski definition) is 1. The highest BCUT2D eigenvalue weighted by molar-refractivity contribution is 6.23. The lowest BCUT2D eigenvalue weighted by molar-refractivity contribution is -0.385. The summed E-state index contributed by atoms with van der Waals surface area (Å²) in [7, 11) is 1.38. The Hall–Kier alpha value is -3.30. The third-order valence-corrected chi connectivity index (χ3v) is 3.36. The number of rotatable bonds is 6. The van der Waals surface area contributed by atoms with Crippen molar-refractivity contribution in [2.75, 3.05) is 20.2 Å². The SMILES string of the molecule is CNC(=O)COC(=O)CCN1C(=O)c2cccc([N+](=O)[O-])c2C1=O. The topological polar surface area (TPSA) is 136 Å². The van der Waals surface area contributed by atoms with Gasteiger partial charge in [0.15, 0.2) is 6.61 Å². The number of benzene rings is 1. The number of nitrogens with zero attached hydrogens (tertiary/aromatic N) is 2. The molecule has 1 aliphatic rings. The van der Waals surface area contributed by atoms with Gasteiger partial charge in [-0.3, -0.25) is 34.2 Å². The van der Waals surface area contributed by atoms with Crippen molar-refractivity contribution in [2.24, 2.45) is 0 Å². The number of nitro benzene ring substituents is 1. The van der Waals surface area contributed by atoms with Gasteiger partial charge in [-0.15, -0.1) is 0 Å². The zero-order valence-corrected chi connectivity index (χ0v) is 12.6. The summed E-state index contributed by atoms with van der Waals surface area (Å²) in [5.41, 5.74) is -0.824. The van der Waals surface area contributed by atoms with E-state index in [-0.39, 0.29) is 24.1 Å². The second kappa shape index (κ2) is 6.86. The molecule has 1 aromatic rings. The molecule has 1 N–H and O–H groups in total. The Morgan fingerprint density at radius 2 is 2.00 bits per heavy atom. The van der Waals surface area contributed by atoms with E-state index in [0.717, 1.165) is 11.0 Å². The molecule has 0 spiro atoms. The molecular weight excluding hydrogens is 322 g/mol. The molecule has 10 nitrogen and oxygen atoms in total. The number of nitro groups is 1. The molecule has 0 aliphatic carbocycles. The van der Waals surface area contributed by atoms with Gasteiger partial charge in [-0.05, 0) is 6.07 Å². The number of carbonyl (C=O) groups is 4. The molecule has 1 aromatic carbocycles. The van der Waals surface area contributed by atoms with Crippen molar-refractivity contribution in [3.8, 4) is 0 Å². The Kier molecular flexibility index (Phi) is 4.87. The Balaban J connectivity index is 2.06. The Bertz CT molecular complexity index is 744. The van der Waals surface area contributed by atoms with E-state index in [4.69, 9.17) is 0 Å². The van der Waals surface area contributed by atoms with Crippen LogP contribution < -0.4 is 5.32 Å². The summed E-state index contributed by atoms with van der Waals surface area (Å²) < 4.78 is 4.66. The maximum absolute atomic E-state index is 12.2. The van der Waals surface area contributed by atoms with Gasteiger partial charge in [-0.1, -0.05) is 6.07 Å². The average molecular weight is 335 g/mol. The standard InChI is InChI=1S/C14H13N3O7/c1-15-10(18)7-24-11(19)5-6-16-13(20)8-3-2-4-9(17(22)23)12(8)14(16)21/h2-4H,5-7H2,1H3,(H,15,18). The van der Waals surface area contributed by atoms with Gasteiger partial charge >= 0.3 is 5.97 Å². The first-order chi connectivity index (χ1) is 11.4. The molecule has 0 bridgehead atoms. The van der Waals surface area contributed by atoms with Gasteiger partial charge in [0, 0.05) is 19.7 Å². The van der Waals surface area contributed by atoms with E-state index < -0.39 is 40.9 Å². The molecule has 0 atom stereocenters. The highest BCUT2D eigenvalue weighted by Crippen LogP contribution is 2.30. The molecule has 10 heteroatoms. The molecule has 0 unspecified atom stereocenters. The molecule has 1 aliphatic heterocycles. The molecular formula is C14H13N3O7. The van der Waals surface area contributed by atoms with Crippen molar-refractivity contribution in [2.45, 2.75) is 6.42 Å². The first-order valence-electron chi connectivity index (χ1n) is 6.86. The lowest BCUT2D eigenvalue weighted by Crippen LogP contribution is -2.33. The third-order valence-electron chi connectivity index (χ3n) is 3.36. The van der Waals surface area contributed by atoms with Crippen LogP contribution in [0.4, 0.5) is 5.69 Å². The fraction of sp³-hybridized carbons (Fsp3) is 0.286. The van der Waals surface area contributed by atoms with Crippen molar-refractivity contribution in [3.63, 3.8) is 0 Å². The minimum absolute atomic E-state index is 0.0760. The first kappa shape index (κ1) is 17.1. The number of hydrogen-bond acceptors (Lipinski definition) is 7. The van der Waals surface area contributed by atoms with E-state index in [1.807, 2.05) is 0 Å². The van der Waals surface area contributed by atoms with E-state index in [2.05, 4.69) is 10.1 Å². The van der Waals surface area contributed by atoms with Crippen molar-refractivity contribution in [1.82, 2.24) is 10.2 Å². The number of esters is 1. The largest absolute Gasteiger partial charge is 0.456 e. The van der Waals surface area contributed by atoms with Crippen molar-refractivity contribution in [3.05, 3.63) is 39.4 Å². The zero-order valence-electron chi connectivity index (χ0n) is 12.6. The molecule has 24 heavy (non-hydrogen) atoms. The predicted octanol–water partition coefficient (Wildman–Crippen LogP) is -0.130. The van der Waals surface area contributed by atoms with Crippen LogP contribution in [0, 0.1) is 10.1 Å². The highest BCUT2D eigenvalue weighted by Gasteiger charge is 2.40. The number of likely N-dealkylation sites (N-methyl/N-ethyl adjacent to an activating group) is 1. The fourth-order valence-corrected chi connectivity index (χ4v) is 2.16. The van der Waals surface area contributed by atoms with Crippen LogP contribution in [0.1, 0.15) is 27.1 Å². The smallest absolute Gasteiger partial charge is 0.308 e. The highest BCUT2D eigenvalue weighted by atomic mass is 16.6. The molecule has 2 rings (SSSR count). The first-order valence-corrected chi connectivity index (χ1v) is 6.86. The van der Waals surface area contributed by atoms with Gasteiger partial charge in [-0.2, -0.15) is 0 Å². The zero-order chi connectivity index (χ0) is 17.9. The Morgan fingerprint density at radius 3 is 2.62 bits per heavy atom. The molecule has 3 amide bonds. The third kappa shape index (κ3) is 3.21. The summed E-state index contributed by atoms with van der Waals surface area (Å²) in [6, 6.07) is 3.75. The second-order valence-electron chi connectivity index (χ2n) is 4.80. The maximum Gasteiger partial charge on any atom is 0.308 e. The van der Waals surface area contributed by atoms with Crippen LogP contribution in [-0.2, 0) is 14.3 Å². The lowest BCUT2D eigenvalue weighted by atomic mass is 10.1. The quantitative estimate of drug-likeness (QED) is 0.331. The van der Waals surface area contributed by atoms with Crippen LogP contribution in [0.3, 0.4) is 0 Å². The van der Waals surface area contributed by atoms with Gasteiger partial charge in [0.25, 0.3) is 23.4 Å². The number of amides is 3. The predicted molar refractivity (Wildman–Crippen MR) is 78.1 cm³/mol. The van der Waals surface area contributed by atoms with Gasteiger partial charge in [0.05, 0.1) is 16.9 Å². The number of ether oxygens (including phenoxy) is 1. The summed E-state index contributed by atoms with van der Waals surface area (Å²) >= 11 is 0. The van der Waals surface area contributed by atoms with Gasteiger partial charge in [0.1, 0.15) is 5.56 Å². The number of nitrogens with one attached hydrogen (secondary N) is 1. The summed E-state index contributed by atoms with van der Waals surface area (Å²) in [6.07, 6.45) is -0.323. The molecule has 1 heterocycles. The van der Waals surface area contributed by atoms with Gasteiger partial charge < -0.3 is 10.1 Å². The molecule has 0 saturated heterocycles. The Labute approximate surface area is 135 Å². The van der Waals surface area contributed by atoms with Crippen molar-refractivity contribution >= 4 is 29.4 Å². The summed E-state index contributed by atoms with van der Waals surface area (Å²) in [4.78, 5) is 57.9. The summed E-state index contributed by atoms with van der Waals surface area (Å²) in [6.45, 7) is -0.765. The van der Waals surface area contributed by atoms with Gasteiger partial charge in [0.2, 0.25) is 0 Å². The van der Waals surface area contributed by atoms with Crippen molar-refractivity contribution < 1.29 is 28.8 Å². The van der Waals surface area contributed by atoms with E-state index in [1.54, 1.807) is 0 Å². The Morgan fingerprint density at radius 1 is 1.29 bits per heavy atom. The molecule has 0 aromatic heterocycles. The fourth-order valence-electron chi connectivity index (χ4n) is 2.16. The van der Waals surface area contributed by atoms with E-state index in [0.29, 0.717) is 0 Å².